The summed E-state index contributed by atoms with van der Waals surface area (Å²) in [6.45, 7) is 1.34. The highest BCUT2D eigenvalue weighted by atomic mass is 16.5. The first-order valence-corrected chi connectivity index (χ1v) is 10.9. The average molecular weight is 429 g/mol. The van der Waals surface area contributed by atoms with Crippen molar-refractivity contribution in [3.8, 4) is 11.5 Å². The van der Waals surface area contributed by atoms with Crippen molar-refractivity contribution in [1.29, 1.82) is 0 Å². The van der Waals surface area contributed by atoms with E-state index in [1.807, 2.05) is 0 Å². The summed E-state index contributed by atoms with van der Waals surface area (Å²) < 4.78 is 16.0. The molecule has 0 aliphatic carbocycles. The third-order valence-electron chi connectivity index (χ3n) is 4.95. The third-order valence-corrected chi connectivity index (χ3v) is 4.95. The van der Waals surface area contributed by atoms with Crippen LogP contribution in [0.15, 0.2) is 48.5 Å². The Balaban J connectivity index is 1.40. The van der Waals surface area contributed by atoms with Crippen molar-refractivity contribution in [2.24, 2.45) is 0 Å². The van der Waals surface area contributed by atoms with Crippen LogP contribution < -0.4 is 9.47 Å². The molecule has 0 atom stereocenters. The molecule has 0 amide bonds. The molecule has 0 aliphatic rings. The maximum absolute atomic E-state index is 11.4. The zero-order valence-electron chi connectivity index (χ0n) is 18.2. The van der Waals surface area contributed by atoms with Crippen molar-refractivity contribution >= 4 is 11.9 Å². The van der Waals surface area contributed by atoms with Gasteiger partial charge in [0.1, 0.15) is 11.5 Å². The number of carboxylic acids is 1. The van der Waals surface area contributed by atoms with E-state index >= 15 is 0 Å². The molecule has 0 heterocycles. The number of carbonyl (C=O) groups excluding carboxylic acids is 1. The van der Waals surface area contributed by atoms with Crippen LogP contribution >= 0.6 is 0 Å². The molecule has 0 aromatic heterocycles. The van der Waals surface area contributed by atoms with Crippen LogP contribution in [-0.4, -0.2) is 37.4 Å². The quantitative estimate of drug-likeness (QED) is 0.287. The molecular formula is C25H32O6. The molecule has 2 rings (SSSR count). The summed E-state index contributed by atoms with van der Waals surface area (Å²) >= 11 is 0. The first kappa shape index (κ1) is 24.3. The Bertz CT molecular complexity index is 783. The normalized spacial score (nSPS) is 10.5. The molecule has 0 radical (unpaired) electrons. The van der Waals surface area contributed by atoms with E-state index in [1.165, 1.54) is 32.8 Å². The van der Waals surface area contributed by atoms with Crippen molar-refractivity contribution < 1.29 is 28.9 Å². The monoisotopic (exact) mass is 428 g/mol. The molecule has 2 aromatic rings. The van der Waals surface area contributed by atoms with Crippen LogP contribution in [0.4, 0.5) is 0 Å². The molecule has 1 N–H and O–H groups in total. The molecule has 31 heavy (non-hydrogen) atoms. The van der Waals surface area contributed by atoms with Gasteiger partial charge in [0.2, 0.25) is 0 Å². The van der Waals surface area contributed by atoms with Crippen molar-refractivity contribution in [3.05, 3.63) is 59.7 Å². The Labute approximate surface area is 184 Å². The van der Waals surface area contributed by atoms with Gasteiger partial charge < -0.3 is 19.3 Å². The Morgan fingerprint density at radius 2 is 1.03 bits per heavy atom. The summed E-state index contributed by atoms with van der Waals surface area (Å²) in [4.78, 5) is 22.2. The van der Waals surface area contributed by atoms with E-state index in [1.54, 1.807) is 48.5 Å². The Morgan fingerprint density at radius 3 is 1.42 bits per heavy atom. The Kier molecular flexibility index (Phi) is 11.0. The van der Waals surface area contributed by atoms with Crippen LogP contribution in [0.2, 0.25) is 0 Å². The number of carbonyl (C=O) groups is 2. The van der Waals surface area contributed by atoms with Gasteiger partial charge in [-0.25, -0.2) is 9.59 Å². The van der Waals surface area contributed by atoms with Gasteiger partial charge in [-0.1, -0.05) is 38.5 Å². The molecule has 0 bridgehead atoms. The van der Waals surface area contributed by atoms with E-state index in [4.69, 9.17) is 14.6 Å². The van der Waals surface area contributed by atoms with Crippen LogP contribution in [0.1, 0.15) is 72.1 Å². The number of esters is 1. The highest BCUT2D eigenvalue weighted by Gasteiger charge is 2.04. The maximum atomic E-state index is 11.4. The minimum absolute atomic E-state index is 0.271. The van der Waals surface area contributed by atoms with Gasteiger partial charge in [-0.2, -0.15) is 0 Å². The molecule has 0 spiro atoms. The van der Waals surface area contributed by atoms with Crippen LogP contribution in [0.5, 0.6) is 11.5 Å². The minimum Gasteiger partial charge on any atom is -0.494 e. The lowest BCUT2D eigenvalue weighted by molar-refractivity contribution is 0.0599. The number of carboxylic acid groups (broad SMARTS) is 1. The van der Waals surface area contributed by atoms with E-state index in [9.17, 15) is 9.59 Å². The molecule has 0 saturated heterocycles. The van der Waals surface area contributed by atoms with Crippen LogP contribution in [0.25, 0.3) is 0 Å². The van der Waals surface area contributed by atoms with Gasteiger partial charge in [0, 0.05) is 0 Å². The molecule has 2 aromatic carbocycles. The fourth-order valence-electron chi connectivity index (χ4n) is 3.14. The number of benzene rings is 2. The Hall–Kier alpha value is -3.02. The lowest BCUT2D eigenvalue weighted by atomic mass is 10.1. The van der Waals surface area contributed by atoms with E-state index in [0.717, 1.165) is 31.4 Å². The van der Waals surface area contributed by atoms with Gasteiger partial charge in [-0.3, -0.25) is 0 Å². The standard InChI is InChI=1S/C25H32O6/c1-29-25(28)21-12-16-23(17-13-21)31-19-9-7-5-3-2-4-6-8-18-30-22-14-10-20(11-15-22)24(26)27/h10-17H,2-9,18-19H2,1H3,(H,26,27). The first-order valence-electron chi connectivity index (χ1n) is 10.9. The zero-order valence-corrected chi connectivity index (χ0v) is 18.2. The molecule has 0 fully saturated rings. The number of aromatic carboxylic acids is 1. The number of hydrogen-bond acceptors (Lipinski definition) is 5. The van der Waals surface area contributed by atoms with Crippen LogP contribution in [0.3, 0.4) is 0 Å². The predicted molar refractivity (Wildman–Crippen MR) is 119 cm³/mol. The van der Waals surface area contributed by atoms with Crippen molar-refractivity contribution in [3.63, 3.8) is 0 Å². The molecule has 0 aliphatic heterocycles. The first-order chi connectivity index (χ1) is 15.1. The number of unbranched alkanes of at least 4 members (excludes halogenated alkanes) is 7. The summed E-state index contributed by atoms with van der Waals surface area (Å²) in [5, 5.41) is 8.87. The second-order valence-corrected chi connectivity index (χ2v) is 7.37. The number of hydrogen-bond donors (Lipinski definition) is 1. The summed E-state index contributed by atoms with van der Waals surface area (Å²) in [7, 11) is 1.37. The van der Waals surface area contributed by atoms with E-state index in [2.05, 4.69) is 4.74 Å². The molecule has 0 unspecified atom stereocenters. The second kappa shape index (κ2) is 14.1. The van der Waals surface area contributed by atoms with Gasteiger partial charge in [0.15, 0.2) is 0 Å². The van der Waals surface area contributed by atoms with Gasteiger partial charge in [0.05, 0.1) is 31.5 Å². The molecular weight excluding hydrogens is 396 g/mol. The van der Waals surface area contributed by atoms with E-state index in [-0.39, 0.29) is 11.5 Å². The molecule has 0 saturated carbocycles. The predicted octanol–water partition coefficient (Wildman–Crippen LogP) is 5.75. The summed E-state index contributed by atoms with van der Waals surface area (Å²) in [5.41, 5.74) is 0.795. The zero-order chi connectivity index (χ0) is 22.3. The fourth-order valence-corrected chi connectivity index (χ4v) is 3.14. The van der Waals surface area contributed by atoms with Crippen LogP contribution in [0, 0.1) is 0 Å². The van der Waals surface area contributed by atoms with Crippen LogP contribution in [-0.2, 0) is 4.74 Å². The van der Waals surface area contributed by atoms with Gasteiger partial charge in [0.25, 0.3) is 0 Å². The topological polar surface area (TPSA) is 82.1 Å². The largest absolute Gasteiger partial charge is 0.494 e. The SMILES string of the molecule is COC(=O)c1ccc(OCCCCCCCCCCOc2ccc(C(=O)O)cc2)cc1. The summed E-state index contributed by atoms with van der Waals surface area (Å²) in [6.07, 6.45) is 9.17. The van der Waals surface area contributed by atoms with Gasteiger partial charge >= 0.3 is 11.9 Å². The lowest BCUT2D eigenvalue weighted by Crippen LogP contribution is -2.01. The minimum atomic E-state index is -0.925. The highest BCUT2D eigenvalue weighted by Crippen LogP contribution is 2.15. The Morgan fingerprint density at radius 1 is 0.645 bits per heavy atom. The van der Waals surface area contributed by atoms with Crippen molar-refractivity contribution in [2.45, 2.75) is 51.4 Å². The van der Waals surface area contributed by atoms with E-state index < -0.39 is 5.97 Å². The van der Waals surface area contributed by atoms with E-state index in [0.29, 0.717) is 24.5 Å². The lowest BCUT2D eigenvalue weighted by Gasteiger charge is -2.07. The van der Waals surface area contributed by atoms with Gasteiger partial charge in [-0.15, -0.1) is 0 Å². The van der Waals surface area contributed by atoms with Gasteiger partial charge in [-0.05, 0) is 61.4 Å². The van der Waals surface area contributed by atoms with Crippen molar-refractivity contribution in [2.75, 3.05) is 20.3 Å². The smallest absolute Gasteiger partial charge is 0.337 e. The second-order valence-electron chi connectivity index (χ2n) is 7.37. The highest BCUT2D eigenvalue weighted by molar-refractivity contribution is 5.89. The fraction of sp³-hybridized carbons (Fsp3) is 0.440. The van der Waals surface area contributed by atoms with Crippen molar-refractivity contribution in [1.82, 2.24) is 0 Å². The summed E-state index contributed by atoms with van der Waals surface area (Å²) in [6, 6.07) is 13.5. The molecule has 168 valence electrons. The molecule has 6 nitrogen and oxygen atoms in total. The maximum Gasteiger partial charge on any atom is 0.337 e. The third kappa shape index (κ3) is 9.55. The number of methoxy groups -OCH3 is 1. The number of rotatable bonds is 15. The number of ether oxygens (including phenoxy) is 3. The average Bonchev–Trinajstić information content (AvgIpc) is 2.80. The summed E-state index contributed by atoms with van der Waals surface area (Å²) in [5.74, 6) is 0.219. The molecule has 6 heteroatoms.